The van der Waals surface area contributed by atoms with Crippen LogP contribution in [0, 0.1) is 34.5 Å². The van der Waals surface area contributed by atoms with E-state index in [9.17, 15) is 9.90 Å². The van der Waals surface area contributed by atoms with E-state index in [0.717, 1.165) is 40.1 Å². The second-order valence-corrected chi connectivity index (χ2v) is 15.3. The SMILES string of the molecule is C[C@]12C[C@H]([N+]3(C)CCCCC3)[C@@H](O)C[C@@H]1CC[C@@H]1[C@@H]2CC[C@]2(C)C(=O)[C@@H]([N+]3(C)CCCCC3)C[C@@H]12.[Br-].[Br-]. The lowest BCUT2D eigenvalue weighted by molar-refractivity contribution is -0.943. The molecule has 4 aliphatic carbocycles. The van der Waals surface area contributed by atoms with Crippen molar-refractivity contribution in [1.82, 2.24) is 0 Å². The Morgan fingerprint density at radius 3 is 2.00 bits per heavy atom. The Balaban J connectivity index is 0.00000160. The van der Waals surface area contributed by atoms with Gasteiger partial charge in [0, 0.05) is 18.3 Å². The van der Waals surface area contributed by atoms with Gasteiger partial charge < -0.3 is 48.0 Å². The fraction of sp³-hybridized carbons (Fsp3) is 0.968. The van der Waals surface area contributed by atoms with Crippen LogP contribution < -0.4 is 34.0 Å². The van der Waals surface area contributed by atoms with Gasteiger partial charge in [0.05, 0.1) is 40.3 Å². The highest BCUT2D eigenvalue weighted by Gasteiger charge is 2.66. The molecule has 6 rings (SSSR count). The molecule has 0 aromatic rings. The number of Topliss-reactive ketones (excluding diaryl/α,β-unsaturated/α-hetero) is 1. The minimum Gasteiger partial charge on any atom is -1.00 e. The van der Waals surface area contributed by atoms with Crippen molar-refractivity contribution < 1.29 is 52.8 Å². The van der Waals surface area contributed by atoms with E-state index in [1.54, 1.807) is 0 Å². The van der Waals surface area contributed by atoms with E-state index in [0.29, 0.717) is 29.1 Å². The van der Waals surface area contributed by atoms with Gasteiger partial charge in [0.25, 0.3) is 0 Å². The first kappa shape index (κ1) is 30.5. The quantitative estimate of drug-likeness (QED) is 0.399. The third-order valence-electron chi connectivity index (χ3n) is 13.6. The number of likely N-dealkylation sites (tertiary alicyclic amines) is 2. The molecule has 214 valence electrons. The molecule has 0 aromatic heterocycles. The normalized spacial score (nSPS) is 48.5. The van der Waals surface area contributed by atoms with Gasteiger partial charge in [-0.2, -0.15) is 0 Å². The molecular weight excluding hydrogens is 592 g/mol. The van der Waals surface area contributed by atoms with Crippen LogP contribution in [0.4, 0.5) is 0 Å². The highest BCUT2D eigenvalue weighted by Crippen LogP contribution is 2.66. The molecule has 37 heavy (non-hydrogen) atoms. The predicted molar refractivity (Wildman–Crippen MR) is 141 cm³/mol. The van der Waals surface area contributed by atoms with Crippen LogP contribution in [-0.4, -0.2) is 78.3 Å². The van der Waals surface area contributed by atoms with Crippen molar-refractivity contribution in [3.05, 3.63) is 0 Å². The van der Waals surface area contributed by atoms with Crippen LogP contribution in [0.2, 0.25) is 0 Å². The van der Waals surface area contributed by atoms with Gasteiger partial charge in [-0.05, 0) is 99.7 Å². The number of nitrogens with zero attached hydrogens (tertiary/aromatic N) is 2. The number of halogens is 2. The van der Waals surface area contributed by atoms with Crippen molar-refractivity contribution >= 4 is 5.78 Å². The molecular formula is C31H54Br2N2O2. The standard InChI is InChI=1S/C31H54N2O2.2BrH/c1-30-14-13-24-23(25(30)20-26(29(30)35)32(3)15-7-5-8-16-32)12-11-22-19-28(34)27(21-31(22,24)2)33(4)17-9-6-10-18-33;;/h22-28,34H,5-21H2,1-4H3;2*1H/q+2;;/p-2/t22-,23+,24-,25-,26-,27-,28-,30-,31-;;/m0../s1. The zero-order valence-corrected chi connectivity index (χ0v) is 27.2. The Labute approximate surface area is 248 Å². The summed E-state index contributed by atoms with van der Waals surface area (Å²) in [7, 11) is 4.87. The Morgan fingerprint density at radius 2 is 1.38 bits per heavy atom. The number of hydrogen-bond acceptors (Lipinski definition) is 2. The second kappa shape index (κ2) is 10.7. The summed E-state index contributed by atoms with van der Waals surface area (Å²) in [5.74, 6) is 3.39. The molecule has 4 nitrogen and oxygen atoms in total. The fourth-order valence-corrected chi connectivity index (χ4v) is 11.4. The molecule has 0 bridgehead atoms. The van der Waals surface area contributed by atoms with Gasteiger partial charge in [-0.25, -0.2) is 0 Å². The molecule has 0 amide bonds. The molecule has 0 spiro atoms. The van der Waals surface area contributed by atoms with Gasteiger partial charge in [0.2, 0.25) is 0 Å². The number of hydrogen-bond donors (Lipinski definition) is 1. The molecule has 1 N–H and O–H groups in total. The van der Waals surface area contributed by atoms with Crippen molar-refractivity contribution in [3.8, 4) is 0 Å². The van der Waals surface area contributed by atoms with E-state index in [4.69, 9.17) is 0 Å². The molecule has 0 unspecified atom stereocenters. The topological polar surface area (TPSA) is 37.3 Å². The summed E-state index contributed by atoms with van der Waals surface area (Å²) in [6.07, 6.45) is 16.2. The summed E-state index contributed by atoms with van der Waals surface area (Å²) in [5.41, 5.74) is 0.268. The number of likely N-dealkylation sites (N-methyl/N-ethyl adjacent to an activating group) is 2. The third kappa shape index (κ3) is 4.67. The van der Waals surface area contributed by atoms with Crippen molar-refractivity contribution in [3.63, 3.8) is 0 Å². The van der Waals surface area contributed by atoms with Crippen LogP contribution in [0.1, 0.15) is 97.3 Å². The van der Waals surface area contributed by atoms with Crippen LogP contribution in [0.3, 0.4) is 0 Å². The molecule has 6 fully saturated rings. The van der Waals surface area contributed by atoms with Crippen molar-refractivity contribution in [1.29, 1.82) is 0 Å². The maximum Gasteiger partial charge on any atom is 0.196 e. The Kier molecular flexibility index (Phi) is 8.83. The third-order valence-corrected chi connectivity index (χ3v) is 13.6. The molecule has 9 atom stereocenters. The molecule has 6 aliphatic rings. The number of quaternary nitrogens is 2. The summed E-state index contributed by atoms with van der Waals surface area (Å²) in [4.78, 5) is 14.1. The molecule has 2 heterocycles. The van der Waals surface area contributed by atoms with Crippen LogP contribution >= 0.6 is 0 Å². The highest BCUT2D eigenvalue weighted by atomic mass is 79.9. The number of aliphatic hydroxyl groups is 1. The summed E-state index contributed by atoms with van der Waals surface area (Å²) < 4.78 is 2.14. The van der Waals surface area contributed by atoms with Crippen LogP contribution in [0.15, 0.2) is 0 Å². The summed E-state index contributed by atoms with van der Waals surface area (Å²) >= 11 is 0. The lowest BCUT2D eigenvalue weighted by Crippen LogP contribution is -3.00. The first-order valence-electron chi connectivity index (χ1n) is 15.5. The lowest BCUT2D eigenvalue weighted by Gasteiger charge is -2.62. The zero-order valence-electron chi connectivity index (χ0n) is 24.1. The Bertz CT molecular complexity index is 841. The van der Waals surface area contributed by atoms with E-state index < -0.39 is 0 Å². The first-order valence-corrected chi connectivity index (χ1v) is 15.5. The molecule has 6 heteroatoms. The molecule has 4 saturated carbocycles. The highest BCUT2D eigenvalue weighted by molar-refractivity contribution is 5.91. The fourth-order valence-electron chi connectivity index (χ4n) is 11.4. The monoisotopic (exact) mass is 644 g/mol. The molecule has 0 aromatic carbocycles. The van der Waals surface area contributed by atoms with E-state index in [2.05, 4.69) is 27.9 Å². The minimum atomic E-state index is -0.123. The van der Waals surface area contributed by atoms with E-state index in [1.807, 2.05) is 0 Å². The number of fused-ring (bicyclic) bond motifs is 5. The lowest BCUT2D eigenvalue weighted by atomic mass is 9.44. The predicted octanol–water partition coefficient (Wildman–Crippen LogP) is -0.815. The van der Waals surface area contributed by atoms with Crippen molar-refractivity contribution in [2.45, 2.75) is 116 Å². The van der Waals surface area contributed by atoms with Crippen LogP contribution in [0.25, 0.3) is 0 Å². The number of ketones is 1. The average Bonchev–Trinajstić information content (AvgIpc) is 3.12. The van der Waals surface area contributed by atoms with Crippen LogP contribution in [-0.2, 0) is 4.79 Å². The number of rotatable bonds is 2. The Morgan fingerprint density at radius 1 is 0.784 bits per heavy atom. The Hall–Kier alpha value is 0.510. The van der Waals surface area contributed by atoms with E-state index >= 15 is 0 Å². The number of carbonyl (C=O) groups excluding carboxylic acids is 1. The summed E-state index contributed by atoms with van der Waals surface area (Å²) in [6, 6.07) is 0.674. The zero-order chi connectivity index (χ0) is 24.6. The molecule has 0 radical (unpaired) electrons. The van der Waals surface area contributed by atoms with E-state index in [1.165, 1.54) is 90.4 Å². The van der Waals surface area contributed by atoms with Gasteiger partial charge in [0.1, 0.15) is 18.2 Å². The van der Waals surface area contributed by atoms with Gasteiger partial charge in [-0.3, -0.25) is 4.79 Å². The smallest absolute Gasteiger partial charge is 0.196 e. The largest absolute Gasteiger partial charge is 1.00 e. The summed E-state index contributed by atoms with van der Waals surface area (Å²) in [5, 5.41) is 11.4. The second-order valence-electron chi connectivity index (χ2n) is 15.3. The maximum absolute atomic E-state index is 14.1. The van der Waals surface area contributed by atoms with Gasteiger partial charge in [-0.1, -0.05) is 13.8 Å². The number of piperidine rings is 2. The first-order chi connectivity index (χ1) is 16.6. The van der Waals surface area contributed by atoms with Gasteiger partial charge in [-0.15, -0.1) is 0 Å². The number of carbonyl (C=O) groups is 1. The van der Waals surface area contributed by atoms with Crippen LogP contribution in [0.5, 0.6) is 0 Å². The van der Waals surface area contributed by atoms with E-state index in [-0.39, 0.29) is 51.5 Å². The summed E-state index contributed by atoms with van der Waals surface area (Å²) in [6.45, 7) is 9.95. The van der Waals surface area contributed by atoms with Crippen molar-refractivity contribution in [2.75, 3.05) is 40.3 Å². The van der Waals surface area contributed by atoms with Gasteiger partial charge in [0.15, 0.2) is 5.78 Å². The number of aliphatic hydroxyl groups excluding tert-OH is 1. The minimum absolute atomic E-state index is 0. The molecule has 2 saturated heterocycles. The van der Waals surface area contributed by atoms with Gasteiger partial charge >= 0.3 is 0 Å². The maximum atomic E-state index is 14.1. The van der Waals surface area contributed by atoms with Crippen molar-refractivity contribution in [2.24, 2.45) is 34.5 Å². The molecule has 2 aliphatic heterocycles. The average molecular weight is 647 g/mol.